The highest BCUT2D eigenvalue weighted by molar-refractivity contribution is 5.93. The second-order valence-corrected chi connectivity index (χ2v) is 7.25. The van der Waals surface area contributed by atoms with Gasteiger partial charge in [0.05, 0.1) is 12.2 Å². The number of para-hydroxylation sites is 1. The van der Waals surface area contributed by atoms with Gasteiger partial charge in [-0.3, -0.25) is 9.59 Å². The van der Waals surface area contributed by atoms with E-state index in [4.69, 9.17) is 9.15 Å². The number of amides is 2. The van der Waals surface area contributed by atoms with Gasteiger partial charge >= 0.3 is 0 Å². The molecule has 2 aromatic rings. The molecule has 0 bridgehead atoms. The molecule has 2 aliphatic rings. The molecule has 1 aromatic heterocycles. The number of furan rings is 1. The first-order valence-electron chi connectivity index (χ1n) is 9.54. The molecule has 1 saturated carbocycles. The second-order valence-electron chi connectivity index (χ2n) is 7.25. The zero-order valence-electron chi connectivity index (χ0n) is 15.2. The first kappa shape index (κ1) is 17.6. The number of piperidine rings is 1. The van der Waals surface area contributed by atoms with Crippen LogP contribution >= 0.6 is 0 Å². The molecule has 0 spiro atoms. The van der Waals surface area contributed by atoms with E-state index in [1.165, 1.54) is 6.26 Å². The van der Waals surface area contributed by atoms with Crippen molar-refractivity contribution in [3.05, 3.63) is 54.0 Å². The SMILES string of the molecule is O=C(NC1CC1)C1CCCN(C(=O)c2occc2COc2ccccc2)C1. The van der Waals surface area contributed by atoms with Crippen LogP contribution in [0.1, 0.15) is 41.8 Å². The van der Waals surface area contributed by atoms with Crippen LogP contribution < -0.4 is 10.1 Å². The van der Waals surface area contributed by atoms with Gasteiger partial charge in [0.1, 0.15) is 12.4 Å². The van der Waals surface area contributed by atoms with E-state index < -0.39 is 0 Å². The van der Waals surface area contributed by atoms with Crippen LogP contribution in [0, 0.1) is 5.92 Å². The van der Waals surface area contributed by atoms with Crippen molar-refractivity contribution in [1.29, 1.82) is 0 Å². The Balaban J connectivity index is 1.38. The third kappa shape index (κ3) is 4.32. The Kier molecular flexibility index (Phi) is 5.14. The largest absolute Gasteiger partial charge is 0.489 e. The average Bonchev–Trinajstić information content (AvgIpc) is 3.40. The summed E-state index contributed by atoms with van der Waals surface area (Å²) in [6, 6.07) is 11.6. The fraction of sp³-hybridized carbons (Fsp3) is 0.429. The van der Waals surface area contributed by atoms with Gasteiger partial charge in [-0.15, -0.1) is 0 Å². The summed E-state index contributed by atoms with van der Waals surface area (Å²) < 4.78 is 11.2. The van der Waals surface area contributed by atoms with Crippen LogP contribution in [0.2, 0.25) is 0 Å². The molecule has 6 heteroatoms. The minimum absolute atomic E-state index is 0.0714. The summed E-state index contributed by atoms with van der Waals surface area (Å²) in [5.74, 6) is 0.806. The van der Waals surface area contributed by atoms with Crippen LogP contribution in [-0.2, 0) is 11.4 Å². The third-order valence-electron chi connectivity index (χ3n) is 5.08. The van der Waals surface area contributed by atoms with Gasteiger partial charge in [0, 0.05) is 24.7 Å². The van der Waals surface area contributed by atoms with E-state index >= 15 is 0 Å². The fourth-order valence-corrected chi connectivity index (χ4v) is 3.38. The van der Waals surface area contributed by atoms with Crippen molar-refractivity contribution in [3.63, 3.8) is 0 Å². The number of hydrogen-bond donors (Lipinski definition) is 1. The zero-order chi connectivity index (χ0) is 18.6. The number of likely N-dealkylation sites (tertiary alicyclic amines) is 1. The number of nitrogens with one attached hydrogen (secondary N) is 1. The molecule has 2 heterocycles. The van der Waals surface area contributed by atoms with E-state index in [-0.39, 0.29) is 24.3 Å². The number of benzene rings is 1. The Morgan fingerprint density at radius 1 is 1.15 bits per heavy atom. The van der Waals surface area contributed by atoms with Gasteiger partial charge in [-0.05, 0) is 43.9 Å². The van der Waals surface area contributed by atoms with Crippen LogP contribution in [0.25, 0.3) is 0 Å². The molecule has 1 aliphatic heterocycles. The number of carbonyl (C=O) groups is 2. The molecule has 27 heavy (non-hydrogen) atoms. The van der Waals surface area contributed by atoms with Crippen LogP contribution in [0.5, 0.6) is 5.75 Å². The van der Waals surface area contributed by atoms with Crippen molar-refractivity contribution in [2.75, 3.05) is 13.1 Å². The Morgan fingerprint density at radius 2 is 1.96 bits per heavy atom. The lowest BCUT2D eigenvalue weighted by atomic mass is 9.96. The monoisotopic (exact) mass is 368 g/mol. The molecule has 1 aliphatic carbocycles. The highest BCUT2D eigenvalue weighted by Crippen LogP contribution is 2.24. The van der Waals surface area contributed by atoms with E-state index in [2.05, 4.69) is 5.32 Å². The first-order valence-corrected chi connectivity index (χ1v) is 9.54. The molecule has 2 amide bonds. The van der Waals surface area contributed by atoms with Crippen LogP contribution in [-0.4, -0.2) is 35.8 Å². The lowest BCUT2D eigenvalue weighted by Gasteiger charge is -2.31. The van der Waals surface area contributed by atoms with E-state index in [0.717, 1.165) is 31.4 Å². The molecule has 1 atom stereocenters. The van der Waals surface area contributed by atoms with Crippen molar-refractivity contribution in [3.8, 4) is 5.75 Å². The Bertz CT molecular complexity index is 798. The summed E-state index contributed by atoms with van der Waals surface area (Å²) in [7, 11) is 0. The maximum Gasteiger partial charge on any atom is 0.289 e. The number of hydrogen-bond acceptors (Lipinski definition) is 4. The summed E-state index contributed by atoms with van der Waals surface area (Å²) in [4.78, 5) is 27.0. The molecule has 6 nitrogen and oxygen atoms in total. The summed E-state index contributed by atoms with van der Waals surface area (Å²) in [5, 5.41) is 3.05. The first-order chi connectivity index (χ1) is 13.2. The molecule has 1 aromatic carbocycles. The predicted molar refractivity (Wildman–Crippen MR) is 99.3 cm³/mol. The molecular formula is C21H24N2O4. The molecule has 0 radical (unpaired) electrons. The Morgan fingerprint density at radius 3 is 2.74 bits per heavy atom. The van der Waals surface area contributed by atoms with Crippen LogP contribution in [0.15, 0.2) is 47.1 Å². The topological polar surface area (TPSA) is 71.8 Å². The number of carbonyl (C=O) groups excluding carboxylic acids is 2. The van der Waals surface area contributed by atoms with Crippen LogP contribution in [0.4, 0.5) is 0 Å². The zero-order valence-corrected chi connectivity index (χ0v) is 15.2. The van der Waals surface area contributed by atoms with Gasteiger partial charge < -0.3 is 19.4 Å². The van der Waals surface area contributed by atoms with Crippen molar-refractivity contribution >= 4 is 11.8 Å². The van der Waals surface area contributed by atoms with Crippen molar-refractivity contribution < 1.29 is 18.7 Å². The summed E-state index contributed by atoms with van der Waals surface area (Å²) in [6.07, 6.45) is 5.30. The van der Waals surface area contributed by atoms with Gasteiger partial charge in [0.2, 0.25) is 5.91 Å². The third-order valence-corrected chi connectivity index (χ3v) is 5.08. The lowest BCUT2D eigenvalue weighted by Crippen LogP contribution is -2.46. The molecule has 1 N–H and O–H groups in total. The highest BCUT2D eigenvalue weighted by Gasteiger charge is 2.33. The van der Waals surface area contributed by atoms with E-state index in [0.29, 0.717) is 30.5 Å². The van der Waals surface area contributed by atoms with Crippen molar-refractivity contribution in [2.24, 2.45) is 5.92 Å². The molecule has 142 valence electrons. The number of nitrogens with zero attached hydrogens (tertiary/aromatic N) is 1. The van der Waals surface area contributed by atoms with Gasteiger partial charge in [0.25, 0.3) is 5.91 Å². The lowest BCUT2D eigenvalue weighted by molar-refractivity contribution is -0.126. The van der Waals surface area contributed by atoms with E-state index in [1.807, 2.05) is 30.3 Å². The van der Waals surface area contributed by atoms with Gasteiger partial charge in [-0.25, -0.2) is 0 Å². The maximum atomic E-state index is 12.9. The van der Waals surface area contributed by atoms with Gasteiger partial charge in [-0.2, -0.15) is 0 Å². The molecular weight excluding hydrogens is 344 g/mol. The fourth-order valence-electron chi connectivity index (χ4n) is 3.38. The van der Waals surface area contributed by atoms with E-state index in [1.54, 1.807) is 11.0 Å². The van der Waals surface area contributed by atoms with Crippen molar-refractivity contribution in [2.45, 2.75) is 38.3 Å². The second kappa shape index (κ2) is 7.86. The quantitative estimate of drug-likeness (QED) is 0.851. The summed E-state index contributed by atoms with van der Waals surface area (Å²) in [6.45, 7) is 1.35. The molecule has 1 unspecified atom stereocenters. The standard InChI is InChI=1S/C21H24N2O4/c24-20(22-17-8-9-17)15-5-4-11-23(13-15)21(25)19-16(10-12-26-19)14-27-18-6-2-1-3-7-18/h1-3,6-7,10,12,15,17H,4-5,8-9,11,13-14H2,(H,22,24). The summed E-state index contributed by atoms with van der Waals surface area (Å²) >= 11 is 0. The predicted octanol–water partition coefficient (Wildman–Crippen LogP) is 2.99. The molecule has 4 rings (SSSR count). The minimum atomic E-state index is -0.171. The van der Waals surface area contributed by atoms with Crippen LogP contribution in [0.3, 0.4) is 0 Å². The summed E-state index contributed by atoms with van der Waals surface area (Å²) in [5.41, 5.74) is 0.716. The Labute approximate surface area is 158 Å². The van der Waals surface area contributed by atoms with Gasteiger partial charge in [-0.1, -0.05) is 18.2 Å². The average molecular weight is 368 g/mol. The smallest absolute Gasteiger partial charge is 0.289 e. The molecule has 1 saturated heterocycles. The normalized spacial score (nSPS) is 19.6. The number of rotatable bonds is 6. The molecule has 2 fully saturated rings. The Hall–Kier alpha value is -2.76. The maximum absolute atomic E-state index is 12.9. The number of ether oxygens (including phenoxy) is 1. The van der Waals surface area contributed by atoms with Crippen molar-refractivity contribution in [1.82, 2.24) is 10.2 Å². The minimum Gasteiger partial charge on any atom is -0.489 e. The highest BCUT2D eigenvalue weighted by atomic mass is 16.5. The van der Waals surface area contributed by atoms with E-state index in [9.17, 15) is 9.59 Å². The van der Waals surface area contributed by atoms with Gasteiger partial charge in [0.15, 0.2) is 5.76 Å².